The van der Waals surface area contributed by atoms with Crippen LogP contribution in [0.3, 0.4) is 0 Å². The lowest BCUT2D eigenvalue weighted by atomic mass is 10.2. The van der Waals surface area contributed by atoms with Crippen LogP contribution in [0.25, 0.3) is 10.9 Å². The van der Waals surface area contributed by atoms with Crippen LogP contribution in [0.15, 0.2) is 46.2 Å². The first-order chi connectivity index (χ1) is 10.8. The van der Waals surface area contributed by atoms with Crippen LogP contribution in [0.2, 0.25) is 0 Å². The minimum absolute atomic E-state index is 0.213. The molecular formula is C14H8F2N3O3S. The van der Waals surface area contributed by atoms with Gasteiger partial charge in [-0.2, -0.15) is 9.78 Å². The van der Waals surface area contributed by atoms with Gasteiger partial charge in [0.05, 0.1) is 15.3 Å². The lowest BCUT2D eigenvalue weighted by Crippen LogP contribution is -2.20. The number of halogens is 2. The van der Waals surface area contributed by atoms with Crippen LogP contribution in [0.4, 0.5) is 13.6 Å². The Balaban J connectivity index is 2.17. The molecular weight excluding hydrogens is 328 g/mol. The third kappa shape index (κ3) is 2.55. The van der Waals surface area contributed by atoms with Gasteiger partial charge in [0.1, 0.15) is 17.8 Å². The van der Waals surface area contributed by atoms with Gasteiger partial charge < -0.3 is 5.73 Å². The number of sulfone groups is 1. The first-order valence-corrected chi connectivity index (χ1v) is 7.69. The molecule has 1 radical (unpaired) electrons. The van der Waals surface area contributed by atoms with Gasteiger partial charge in [0.15, 0.2) is 0 Å². The summed E-state index contributed by atoms with van der Waals surface area (Å²) in [5.41, 5.74) is 5.38. The number of hydrogen-bond acceptors (Lipinski definition) is 4. The molecule has 2 N–H and O–H groups in total. The molecule has 9 heteroatoms. The molecule has 3 rings (SSSR count). The van der Waals surface area contributed by atoms with Gasteiger partial charge in [0.2, 0.25) is 9.84 Å². The Morgan fingerprint density at radius 2 is 1.74 bits per heavy atom. The molecule has 0 aliphatic rings. The van der Waals surface area contributed by atoms with Gasteiger partial charge in [-0.05, 0) is 30.3 Å². The highest BCUT2D eigenvalue weighted by Crippen LogP contribution is 2.25. The summed E-state index contributed by atoms with van der Waals surface area (Å²) in [5, 5.41) is 3.85. The predicted molar refractivity (Wildman–Crippen MR) is 75.4 cm³/mol. The Morgan fingerprint density at radius 1 is 1.09 bits per heavy atom. The van der Waals surface area contributed by atoms with Crippen molar-refractivity contribution in [3.63, 3.8) is 0 Å². The van der Waals surface area contributed by atoms with E-state index in [4.69, 9.17) is 5.73 Å². The number of nitrogens with two attached hydrogens (primary N) is 1. The number of fused-ring (bicyclic) bond motifs is 1. The largest absolute Gasteiger partial charge is 0.350 e. The highest BCUT2D eigenvalue weighted by Gasteiger charge is 2.21. The van der Waals surface area contributed by atoms with E-state index >= 15 is 0 Å². The number of aromatic nitrogens is 2. The second-order valence-electron chi connectivity index (χ2n) is 4.65. The minimum Gasteiger partial charge on any atom is -0.350 e. The normalized spacial score (nSPS) is 11.7. The van der Waals surface area contributed by atoms with Crippen molar-refractivity contribution in [2.24, 2.45) is 5.73 Å². The number of amides is 1. The van der Waals surface area contributed by atoms with E-state index in [0.29, 0.717) is 6.07 Å². The second kappa shape index (κ2) is 5.13. The van der Waals surface area contributed by atoms with Crippen LogP contribution >= 0.6 is 0 Å². The average molecular weight is 336 g/mol. The maximum Gasteiger partial charge on any atom is 0.340 e. The fourth-order valence-corrected chi connectivity index (χ4v) is 3.43. The molecule has 2 aromatic carbocycles. The van der Waals surface area contributed by atoms with E-state index in [1.54, 1.807) is 0 Å². The Bertz CT molecular complexity index is 1020. The van der Waals surface area contributed by atoms with Gasteiger partial charge >= 0.3 is 6.03 Å². The SMILES string of the molecule is NC(=O)n1n[c]c2cc(S(=O)(=O)c3cc(F)cc(F)c3)ccc21. The maximum absolute atomic E-state index is 13.2. The smallest absolute Gasteiger partial charge is 0.340 e. The molecule has 0 bridgehead atoms. The summed E-state index contributed by atoms with van der Waals surface area (Å²) < 4.78 is 52.3. The van der Waals surface area contributed by atoms with Crippen molar-refractivity contribution < 1.29 is 22.0 Å². The summed E-state index contributed by atoms with van der Waals surface area (Å²) in [6.45, 7) is 0. The number of benzene rings is 2. The van der Waals surface area contributed by atoms with Crippen LogP contribution < -0.4 is 5.73 Å². The van der Waals surface area contributed by atoms with Crippen LogP contribution in [-0.4, -0.2) is 24.2 Å². The van der Waals surface area contributed by atoms with Crippen LogP contribution in [0.1, 0.15) is 0 Å². The number of primary amides is 1. The van der Waals surface area contributed by atoms with E-state index in [-0.39, 0.29) is 15.8 Å². The molecule has 117 valence electrons. The summed E-state index contributed by atoms with van der Waals surface area (Å²) in [6.07, 6.45) is 2.46. The van der Waals surface area contributed by atoms with Crippen LogP contribution in [0, 0.1) is 17.8 Å². The lowest BCUT2D eigenvalue weighted by Gasteiger charge is -2.06. The number of carbonyl (C=O) groups excluding carboxylic acids is 1. The summed E-state index contributed by atoms with van der Waals surface area (Å²) in [6, 6.07) is 4.87. The van der Waals surface area contributed by atoms with E-state index in [2.05, 4.69) is 11.3 Å². The van der Waals surface area contributed by atoms with E-state index in [9.17, 15) is 22.0 Å². The molecule has 0 spiro atoms. The number of rotatable bonds is 2. The molecule has 1 heterocycles. The van der Waals surface area contributed by atoms with E-state index in [1.807, 2.05) is 0 Å². The second-order valence-corrected chi connectivity index (χ2v) is 6.60. The van der Waals surface area contributed by atoms with Gasteiger partial charge in [-0.25, -0.2) is 22.0 Å². The molecule has 1 aromatic heterocycles. The van der Waals surface area contributed by atoms with E-state index in [1.165, 1.54) is 18.2 Å². The summed E-state index contributed by atoms with van der Waals surface area (Å²) in [4.78, 5) is 10.4. The Morgan fingerprint density at radius 3 is 2.35 bits per heavy atom. The highest BCUT2D eigenvalue weighted by atomic mass is 32.2. The molecule has 0 aliphatic carbocycles. The molecule has 23 heavy (non-hydrogen) atoms. The molecule has 0 atom stereocenters. The Kier molecular flexibility index (Phi) is 3.37. The summed E-state index contributed by atoms with van der Waals surface area (Å²) in [5.74, 6) is -2.00. The van der Waals surface area contributed by atoms with Crippen molar-refractivity contribution in [1.82, 2.24) is 9.78 Å². The molecule has 0 saturated heterocycles. The molecule has 1 amide bonds. The Hall–Kier alpha value is -2.81. The van der Waals surface area contributed by atoms with Crippen molar-refractivity contribution in [1.29, 1.82) is 0 Å². The monoisotopic (exact) mass is 336 g/mol. The van der Waals surface area contributed by atoms with Gasteiger partial charge in [-0.1, -0.05) is 0 Å². The molecule has 3 aromatic rings. The summed E-state index contributed by atoms with van der Waals surface area (Å²) >= 11 is 0. The first-order valence-electron chi connectivity index (χ1n) is 6.20. The van der Waals surface area contributed by atoms with Gasteiger partial charge in [-0.15, -0.1) is 0 Å². The zero-order valence-corrected chi connectivity index (χ0v) is 12.1. The van der Waals surface area contributed by atoms with Crippen LogP contribution in [0.5, 0.6) is 0 Å². The third-order valence-electron chi connectivity index (χ3n) is 3.13. The van der Waals surface area contributed by atoms with Crippen molar-refractivity contribution in [3.05, 3.63) is 54.2 Å². The van der Waals surface area contributed by atoms with Gasteiger partial charge in [-0.3, -0.25) is 0 Å². The van der Waals surface area contributed by atoms with Gasteiger partial charge in [0.25, 0.3) is 0 Å². The zero-order valence-electron chi connectivity index (χ0n) is 11.3. The van der Waals surface area contributed by atoms with Crippen molar-refractivity contribution in [3.8, 4) is 0 Å². The maximum atomic E-state index is 13.2. The number of carbonyl (C=O) groups is 1. The average Bonchev–Trinajstić information content (AvgIpc) is 2.89. The van der Waals surface area contributed by atoms with E-state index < -0.39 is 32.4 Å². The van der Waals surface area contributed by atoms with Crippen molar-refractivity contribution in [2.45, 2.75) is 9.79 Å². The Labute approximate surface area is 129 Å². The fourth-order valence-electron chi connectivity index (χ4n) is 2.10. The zero-order chi connectivity index (χ0) is 16.8. The summed E-state index contributed by atoms with van der Waals surface area (Å²) in [7, 11) is -4.14. The van der Waals surface area contributed by atoms with Crippen molar-refractivity contribution in [2.75, 3.05) is 0 Å². The van der Waals surface area contributed by atoms with Crippen LogP contribution in [-0.2, 0) is 9.84 Å². The topological polar surface area (TPSA) is 95.1 Å². The highest BCUT2D eigenvalue weighted by molar-refractivity contribution is 7.91. The molecule has 0 unspecified atom stereocenters. The number of hydrogen-bond donors (Lipinski definition) is 1. The third-order valence-corrected chi connectivity index (χ3v) is 4.86. The molecule has 0 saturated carbocycles. The fraction of sp³-hybridized carbons (Fsp3) is 0. The quantitative estimate of drug-likeness (QED) is 0.773. The van der Waals surface area contributed by atoms with Crippen molar-refractivity contribution >= 4 is 26.8 Å². The first kappa shape index (κ1) is 15.1. The minimum atomic E-state index is -4.14. The molecule has 0 aliphatic heterocycles. The standard InChI is InChI=1S/C14H8F2N3O3S/c15-9-4-10(16)6-12(5-9)23(21,22)11-1-2-13-8(3-11)7-18-19(13)14(17)20/h1-6H,(H2,17,20). The van der Waals surface area contributed by atoms with E-state index in [0.717, 1.165) is 16.8 Å². The molecule has 0 fully saturated rings. The predicted octanol–water partition coefficient (Wildman–Crippen LogP) is 1.87. The number of nitrogens with zero attached hydrogens (tertiary/aromatic N) is 2. The van der Waals surface area contributed by atoms with Gasteiger partial charge in [0, 0.05) is 11.5 Å². The lowest BCUT2D eigenvalue weighted by molar-refractivity contribution is 0.248. The molecule has 6 nitrogen and oxygen atoms in total.